The molecular weight excluding hydrogens is 493 g/mol. The highest BCUT2D eigenvalue weighted by Gasteiger charge is 2.32. The van der Waals surface area contributed by atoms with Crippen LogP contribution >= 0.6 is 11.6 Å². The summed E-state index contributed by atoms with van der Waals surface area (Å²) in [4.78, 5) is 23.5. The third kappa shape index (κ3) is 3.97. The Kier molecular flexibility index (Phi) is 5.44. The monoisotopic (exact) mass is 519 g/mol. The molecule has 4 heterocycles. The molecule has 2 fully saturated rings. The fourth-order valence-electron chi connectivity index (χ4n) is 5.77. The van der Waals surface area contributed by atoms with Gasteiger partial charge in [-0.2, -0.15) is 5.10 Å². The zero-order valence-electron chi connectivity index (χ0n) is 20.5. The predicted octanol–water partition coefficient (Wildman–Crippen LogP) is 5.77. The van der Waals surface area contributed by atoms with Crippen LogP contribution in [0, 0.1) is 5.82 Å². The fourth-order valence-corrected chi connectivity index (χ4v) is 5.93. The zero-order chi connectivity index (χ0) is 25.3. The van der Waals surface area contributed by atoms with E-state index in [4.69, 9.17) is 26.3 Å². The van der Waals surface area contributed by atoms with Gasteiger partial charge in [0, 0.05) is 46.6 Å². The van der Waals surface area contributed by atoms with Crippen molar-refractivity contribution in [2.75, 3.05) is 6.61 Å². The quantitative estimate of drug-likeness (QED) is 0.342. The number of aromatic nitrogens is 5. The minimum Gasteiger partial charge on any atom is -0.373 e. The number of ether oxygens (including phenoxy) is 1. The highest BCUT2D eigenvalue weighted by atomic mass is 35.5. The third-order valence-electron chi connectivity index (χ3n) is 8.05. The molecule has 0 bridgehead atoms. The Morgan fingerprint density at radius 1 is 1.14 bits per heavy atom. The predicted molar refractivity (Wildman–Crippen MR) is 138 cm³/mol. The van der Waals surface area contributed by atoms with Gasteiger partial charge in [-0.15, -0.1) is 0 Å². The molecule has 0 spiro atoms. The molecule has 37 heavy (non-hydrogen) atoms. The van der Waals surface area contributed by atoms with Gasteiger partial charge in [0.1, 0.15) is 11.5 Å². The SMILES string of the molecule is CC1CCc2c1nc1c(-c3ccc(Cl)cc3F)nc([C@H]3CCO[C@@H](c4cnn(C5CC5)c4)C3)cn1c2=O. The van der Waals surface area contributed by atoms with Gasteiger partial charge < -0.3 is 4.74 Å². The first kappa shape index (κ1) is 23.0. The molecule has 1 saturated carbocycles. The standard InChI is InChI=1S/C28H27ClFN5O2/c1-15-2-6-21-25(15)33-27-26(20-7-3-18(29)11-22(20)30)32-23(14-34(27)28(21)36)16-8-9-37-24(10-16)17-12-31-35(13-17)19-4-5-19/h3,7,11-16,19,24H,2,4-6,8-10H2,1H3/t15?,16-,24+/m0/s1. The summed E-state index contributed by atoms with van der Waals surface area (Å²) in [6.07, 6.45) is 11.1. The molecule has 0 amide bonds. The van der Waals surface area contributed by atoms with Crippen LogP contribution in [0.15, 0.2) is 41.6 Å². The Bertz CT molecular complexity index is 1590. The molecule has 1 aromatic carbocycles. The van der Waals surface area contributed by atoms with Crippen LogP contribution in [-0.2, 0) is 11.2 Å². The summed E-state index contributed by atoms with van der Waals surface area (Å²) in [6.45, 7) is 2.65. The molecule has 190 valence electrons. The van der Waals surface area contributed by atoms with Crippen molar-refractivity contribution >= 4 is 17.2 Å². The van der Waals surface area contributed by atoms with Crippen molar-refractivity contribution in [1.82, 2.24) is 24.1 Å². The lowest BCUT2D eigenvalue weighted by molar-refractivity contribution is 0.00454. The number of benzene rings is 1. The van der Waals surface area contributed by atoms with Crippen LogP contribution in [0.4, 0.5) is 4.39 Å². The van der Waals surface area contributed by atoms with Crippen LogP contribution < -0.4 is 5.56 Å². The second kappa shape index (κ2) is 8.74. The largest absolute Gasteiger partial charge is 0.373 e. The average molecular weight is 520 g/mol. The van der Waals surface area contributed by atoms with Gasteiger partial charge in [0.2, 0.25) is 0 Å². The van der Waals surface area contributed by atoms with E-state index in [2.05, 4.69) is 18.2 Å². The minimum absolute atomic E-state index is 0.0422. The first-order valence-corrected chi connectivity index (χ1v) is 13.4. The number of fused-ring (bicyclic) bond motifs is 2. The van der Waals surface area contributed by atoms with Gasteiger partial charge in [0.05, 0.1) is 29.7 Å². The van der Waals surface area contributed by atoms with Crippen molar-refractivity contribution in [2.24, 2.45) is 0 Å². The Morgan fingerprint density at radius 3 is 2.81 bits per heavy atom. The number of rotatable bonds is 4. The molecule has 2 aliphatic carbocycles. The van der Waals surface area contributed by atoms with Crippen molar-refractivity contribution in [2.45, 2.75) is 69.4 Å². The molecule has 3 aliphatic rings. The molecule has 7 rings (SSSR count). The van der Waals surface area contributed by atoms with Gasteiger partial charge in [-0.1, -0.05) is 18.5 Å². The Morgan fingerprint density at radius 2 is 2.00 bits per heavy atom. The average Bonchev–Trinajstić information content (AvgIpc) is 3.51. The van der Waals surface area contributed by atoms with Gasteiger partial charge >= 0.3 is 0 Å². The van der Waals surface area contributed by atoms with E-state index in [9.17, 15) is 4.79 Å². The third-order valence-corrected chi connectivity index (χ3v) is 8.29. The Hall–Kier alpha value is -3.10. The van der Waals surface area contributed by atoms with Gasteiger partial charge in [-0.25, -0.2) is 14.4 Å². The van der Waals surface area contributed by atoms with E-state index < -0.39 is 5.82 Å². The lowest BCUT2D eigenvalue weighted by atomic mass is 9.90. The first-order valence-electron chi connectivity index (χ1n) is 13.0. The van der Waals surface area contributed by atoms with Gasteiger partial charge in [-0.3, -0.25) is 13.9 Å². The van der Waals surface area contributed by atoms with Crippen LogP contribution in [0.3, 0.4) is 0 Å². The van der Waals surface area contributed by atoms with E-state index in [1.165, 1.54) is 18.9 Å². The van der Waals surface area contributed by atoms with E-state index in [1.54, 1.807) is 16.5 Å². The maximum Gasteiger partial charge on any atom is 0.261 e. The lowest BCUT2D eigenvalue weighted by Crippen LogP contribution is -2.24. The molecule has 4 aromatic rings. The smallest absolute Gasteiger partial charge is 0.261 e. The number of halogens is 2. The zero-order valence-corrected chi connectivity index (χ0v) is 21.3. The highest BCUT2D eigenvalue weighted by Crippen LogP contribution is 2.40. The maximum absolute atomic E-state index is 15.2. The number of hydrogen-bond donors (Lipinski definition) is 0. The summed E-state index contributed by atoms with van der Waals surface area (Å²) < 4.78 is 24.9. The summed E-state index contributed by atoms with van der Waals surface area (Å²) in [5.74, 6) is -0.261. The van der Waals surface area contributed by atoms with E-state index >= 15 is 4.39 Å². The van der Waals surface area contributed by atoms with E-state index in [0.29, 0.717) is 41.9 Å². The van der Waals surface area contributed by atoms with Crippen LogP contribution in [0.5, 0.6) is 0 Å². The Labute approximate surface area is 218 Å². The second-order valence-electron chi connectivity index (χ2n) is 10.6. The van der Waals surface area contributed by atoms with Crippen molar-refractivity contribution < 1.29 is 9.13 Å². The molecule has 3 aromatic heterocycles. The molecular formula is C28H27ClFN5O2. The van der Waals surface area contributed by atoms with Crippen LogP contribution in [0.2, 0.25) is 5.02 Å². The van der Waals surface area contributed by atoms with Crippen LogP contribution in [0.1, 0.15) is 85.5 Å². The summed E-state index contributed by atoms with van der Waals surface area (Å²) in [7, 11) is 0. The van der Waals surface area contributed by atoms with E-state index in [-0.39, 0.29) is 29.1 Å². The summed E-state index contributed by atoms with van der Waals surface area (Å²) in [5, 5.41) is 4.83. The van der Waals surface area contributed by atoms with Crippen molar-refractivity contribution in [1.29, 1.82) is 0 Å². The highest BCUT2D eigenvalue weighted by molar-refractivity contribution is 6.30. The first-order chi connectivity index (χ1) is 18.0. The number of nitrogens with zero attached hydrogens (tertiary/aromatic N) is 5. The maximum atomic E-state index is 15.2. The summed E-state index contributed by atoms with van der Waals surface area (Å²) in [6, 6.07) is 5.04. The normalized spacial score (nSPS) is 23.5. The molecule has 1 aliphatic heterocycles. The second-order valence-corrected chi connectivity index (χ2v) is 11.1. The van der Waals surface area contributed by atoms with Gasteiger partial charge in [0.25, 0.3) is 5.56 Å². The molecule has 3 atom stereocenters. The minimum atomic E-state index is -0.487. The lowest BCUT2D eigenvalue weighted by Gasteiger charge is -2.29. The Balaban J connectivity index is 1.35. The van der Waals surface area contributed by atoms with Crippen LogP contribution in [-0.4, -0.2) is 30.8 Å². The molecule has 1 saturated heterocycles. The molecule has 7 nitrogen and oxygen atoms in total. The van der Waals surface area contributed by atoms with Crippen molar-refractivity contribution in [3.05, 3.63) is 80.5 Å². The van der Waals surface area contributed by atoms with E-state index in [1.807, 2.05) is 17.1 Å². The van der Waals surface area contributed by atoms with E-state index in [0.717, 1.165) is 35.4 Å². The van der Waals surface area contributed by atoms with Gasteiger partial charge in [-0.05, 0) is 62.6 Å². The molecule has 9 heteroatoms. The molecule has 0 radical (unpaired) electrons. The fraction of sp³-hybridized carbons (Fsp3) is 0.429. The molecule has 0 N–H and O–H groups in total. The van der Waals surface area contributed by atoms with Gasteiger partial charge in [0.15, 0.2) is 5.65 Å². The number of hydrogen-bond acceptors (Lipinski definition) is 5. The van der Waals surface area contributed by atoms with Crippen LogP contribution in [0.25, 0.3) is 16.9 Å². The van der Waals surface area contributed by atoms with Crippen molar-refractivity contribution in [3.8, 4) is 11.3 Å². The molecule has 1 unspecified atom stereocenters. The van der Waals surface area contributed by atoms with Crippen molar-refractivity contribution in [3.63, 3.8) is 0 Å². The summed E-state index contributed by atoms with van der Waals surface area (Å²) in [5.41, 5.74) is 4.32. The topological polar surface area (TPSA) is 74.3 Å². The summed E-state index contributed by atoms with van der Waals surface area (Å²) >= 11 is 6.04.